The topological polar surface area (TPSA) is 61.8 Å². The molecule has 2 fully saturated rings. The van der Waals surface area contributed by atoms with Gasteiger partial charge in [-0.3, -0.25) is 4.79 Å². The summed E-state index contributed by atoms with van der Waals surface area (Å²) in [5.74, 6) is -0.884. The number of hydrogen-bond donors (Lipinski definition) is 0. The van der Waals surface area contributed by atoms with E-state index in [1.807, 2.05) is 6.92 Å². The van der Waals surface area contributed by atoms with Crippen LogP contribution in [0.5, 0.6) is 0 Å². The summed E-state index contributed by atoms with van der Waals surface area (Å²) in [6.45, 7) is 5.42. The Kier molecular flexibility index (Phi) is 5.98. The van der Waals surface area contributed by atoms with Crippen LogP contribution in [0.4, 0.5) is 0 Å². The highest BCUT2D eigenvalue weighted by atomic mass is 16.7. The number of allylic oxidation sites excluding steroid dienone is 1. The molecular formula is C18H28O5. The molecule has 130 valence electrons. The fraction of sp³-hybridized carbons (Fsp3) is 0.778. The van der Waals surface area contributed by atoms with Gasteiger partial charge in [-0.25, -0.2) is 4.79 Å². The zero-order chi connectivity index (χ0) is 16.9. The summed E-state index contributed by atoms with van der Waals surface area (Å²) in [6, 6.07) is 0. The summed E-state index contributed by atoms with van der Waals surface area (Å²) in [4.78, 5) is 23.7. The molecule has 1 aliphatic heterocycles. The van der Waals surface area contributed by atoms with Crippen LogP contribution < -0.4 is 0 Å². The number of esters is 1. The Hall–Kier alpha value is -1.20. The van der Waals surface area contributed by atoms with Crippen LogP contribution in [0.3, 0.4) is 0 Å². The number of hydrogen-bond acceptors (Lipinski definition) is 5. The first kappa shape index (κ1) is 18.1. The number of Topliss-reactive ketones (excluding diaryl/α,β-unsaturated/α-hetero) is 1. The van der Waals surface area contributed by atoms with Crippen molar-refractivity contribution in [2.45, 2.75) is 58.2 Å². The fourth-order valence-electron chi connectivity index (χ4n) is 3.74. The van der Waals surface area contributed by atoms with Crippen molar-refractivity contribution in [3.8, 4) is 0 Å². The number of rotatable bonds is 6. The predicted molar refractivity (Wildman–Crippen MR) is 85.8 cm³/mol. The molecule has 0 aromatic rings. The number of ether oxygens (including phenoxy) is 3. The summed E-state index contributed by atoms with van der Waals surface area (Å²) in [5.41, 5.74) is -0.116. The Morgan fingerprint density at radius 3 is 2.65 bits per heavy atom. The van der Waals surface area contributed by atoms with Gasteiger partial charge >= 0.3 is 5.97 Å². The molecular weight excluding hydrogens is 296 g/mol. The summed E-state index contributed by atoms with van der Waals surface area (Å²) in [5, 5.41) is 0. The summed E-state index contributed by atoms with van der Waals surface area (Å²) in [7, 11) is 1.34. The maximum absolute atomic E-state index is 12.3. The first-order valence-corrected chi connectivity index (χ1v) is 8.45. The van der Waals surface area contributed by atoms with E-state index in [4.69, 9.17) is 9.47 Å². The van der Waals surface area contributed by atoms with Gasteiger partial charge in [-0.15, -0.1) is 0 Å². The molecule has 0 N–H and O–H groups in total. The average molecular weight is 324 g/mol. The monoisotopic (exact) mass is 324 g/mol. The average Bonchev–Trinajstić information content (AvgIpc) is 2.93. The molecule has 0 radical (unpaired) electrons. The lowest BCUT2D eigenvalue weighted by Gasteiger charge is -2.39. The van der Waals surface area contributed by atoms with Gasteiger partial charge in [0.25, 0.3) is 0 Å². The van der Waals surface area contributed by atoms with Crippen molar-refractivity contribution in [1.29, 1.82) is 0 Å². The van der Waals surface area contributed by atoms with Crippen LogP contribution in [-0.4, -0.2) is 37.9 Å². The molecule has 2 unspecified atom stereocenters. The van der Waals surface area contributed by atoms with E-state index >= 15 is 0 Å². The van der Waals surface area contributed by atoms with Crippen LogP contribution in [0.2, 0.25) is 0 Å². The normalized spacial score (nSPS) is 30.7. The van der Waals surface area contributed by atoms with Crippen molar-refractivity contribution in [2.75, 3.05) is 20.3 Å². The van der Waals surface area contributed by atoms with E-state index in [9.17, 15) is 9.59 Å². The van der Waals surface area contributed by atoms with Crippen molar-refractivity contribution >= 4 is 11.8 Å². The molecule has 2 aliphatic rings. The highest BCUT2D eigenvalue weighted by Crippen LogP contribution is 2.44. The minimum atomic E-state index is -0.480. The molecule has 0 aromatic carbocycles. The second-order valence-electron chi connectivity index (χ2n) is 7.02. The molecule has 0 bridgehead atoms. The zero-order valence-corrected chi connectivity index (χ0v) is 14.4. The van der Waals surface area contributed by atoms with E-state index < -0.39 is 11.8 Å². The second-order valence-corrected chi connectivity index (χ2v) is 7.02. The third-order valence-corrected chi connectivity index (χ3v) is 5.17. The Bertz CT molecular complexity index is 464. The van der Waals surface area contributed by atoms with Crippen LogP contribution in [0, 0.1) is 11.3 Å². The molecule has 5 heteroatoms. The van der Waals surface area contributed by atoms with Gasteiger partial charge in [-0.05, 0) is 38.0 Å². The minimum Gasteiger partial charge on any atom is -0.466 e. The smallest absolute Gasteiger partial charge is 0.330 e. The SMILES string of the molecule is COC(=O)/C=C/C1C(=O)CCCC1(C)CCCC1(C)OCCO1. The molecule has 2 atom stereocenters. The predicted octanol–water partition coefficient (Wildman–Crippen LogP) is 3.02. The second kappa shape index (κ2) is 7.58. The highest BCUT2D eigenvalue weighted by Gasteiger charge is 2.40. The van der Waals surface area contributed by atoms with Crippen molar-refractivity contribution < 1.29 is 23.8 Å². The van der Waals surface area contributed by atoms with Crippen molar-refractivity contribution in [3.63, 3.8) is 0 Å². The van der Waals surface area contributed by atoms with E-state index in [2.05, 4.69) is 11.7 Å². The number of carbonyl (C=O) groups excluding carboxylic acids is 2. The van der Waals surface area contributed by atoms with Gasteiger partial charge in [0.1, 0.15) is 5.78 Å². The molecule has 1 saturated heterocycles. The molecule has 0 spiro atoms. The highest BCUT2D eigenvalue weighted by molar-refractivity contribution is 5.87. The molecule has 0 amide bonds. The third kappa shape index (κ3) is 4.64. The Labute approximate surface area is 138 Å². The van der Waals surface area contributed by atoms with Gasteiger partial charge in [0.2, 0.25) is 0 Å². The molecule has 23 heavy (non-hydrogen) atoms. The maximum Gasteiger partial charge on any atom is 0.330 e. The van der Waals surface area contributed by atoms with E-state index in [-0.39, 0.29) is 17.1 Å². The molecule has 1 heterocycles. The number of carbonyl (C=O) groups is 2. The van der Waals surface area contributed by atoms with E-state index in [1.165, 1.54) is 13.2 Å². The Morgan fingerprint density at radius 2 is 2.00 bits per heavy atom. The van der Waals surface area contributed by atoms with Crippen LogP contribution in [0.25, 0.3) is 0 Å². The lowest BCUT2D eigenvalue weighted by molar-refractivity contribution is -0.149. The quantitative estimate of drug-likeness (QED) is 0.555. The van der Waals surface area contributed by atoms with Gasteiger partial charge in [0, 0.05) is 24.8 Å². The van der Waals surface area contributed by atoms with Crippen LogP contribution in [0.1, 0.15) is 52.4 Å². The molecule has 0 aromatic heterocycles. The van der Waals surface area contributed by atoms with Gasteiger partial charge in [-0.1, -0.05) is 13.0 Å². The number of methoxy groups -OCH3 is 1. The minimum absolute atomic E-state index is 0.116. The Morgan fingerprint density at radius 1 is 1.30 bits per heavy atom. The standard InChI is InChI=1S/C18H28O5/c1-17(10-5-11-18(2)22-12-13-23-18)9-4-6-15(19)14(17)7-8-16(20)21-3/h7-8,14H,4-6,9-13H2,1-3H3/b8-7+. The third-order valence-electron chi connectivity index (χ3n) is 5.17. The number of ketones is 1. The summed E-state index contributed by atoms with van der Waals surface area (Å²) < 4.78 is 15.9. The van der Waals surface area contributed by atoms with E-state index in [0.29, 0.717) is 19.6 Å². The largest absolute Gasteiger partial charge is 0.466 e. The fourth-order valence-corrected chi connectivity index (χ4v) is 3.74. The zero-order valence-electron chi connectivity index (χ0n) is 14.4. The Balaban J connectivity index is 1.98. The molecule has 1 aliphatic carbocycles. The van der Waals surface area contributed by atoms with Crippen molar-refractivity contribution in [1.82, 2.24) is 0 Å². The van der Waals surface area contributed by atoms with E-state index in [0.717, 1.165) is 32.1 Å². The van der Waals surface area contributed by atoms with Gasteiger partial charge in [0.15, 0.2) is 5.79 Å². The maximum atomic E-state index is 12.3. The molecule has 1 saturated carbocycles. The first-order chi connectivity index (χ1) is 10.9. The molecule has 5 nitrogen and oxygen atoms in total. The summed E-state index contributed by atoms with van der Waals surface area (Å²) in [6.07, 6.45) is 8.30. The summed E-state index contributed by atoms with van der Waals surface area (Å²) >= 11 is 0. The van der Waals surface area contributed by atoms with E-state index in [1.54, 1.807) is 6.08 Å². The molecule has 2 rings (SSSR count). The van der Waals surface area contributed by atoms with Gasteiger partial charge in [0.05, 0.1) is 20.3 Å². The van der Waals surface area contributed by atoms with Gasteiger partial charge in [-0.2, -0.15) is 0 Å². The lowest BCUT2D eigenvalue weighted by atomic mass is 9.64. The van der Waals surface area contributed by atoms with Gasteiger partial charge < -0.3 is 14.2 Å². The van der Waals surface area contributed by atoms with Crippen LogP contribution >= 0.6 is 0 Å². The van der Waals surface area contributed by atoms with Crippen LogP contribution in [0.15, 0.2) is 12.2 Å². The first-order valence-electron chi connectivity index (χ1n) is 8.45. The lowest BCUT2D eigenvalue weighted by Crippen LogP contribution is -2.37. The van der Waals surface area contributed by atoms with Crippen molar-refractivity contribution in [3.05, 3.63) is 12.2 Å². The van der Waals surface area contributed by atoms with Crippen molar-refractivity contribution in [2.24, 2.45) is 11.3 Å². The van der Waals surface area contributed by atoms with Crippen LogP contribution in [-0.2, 0) is 23.8 Å².